The first-order valence-corrected chi connectivity index (χ1v) is 22.8. The van der Waals surface area contributed by atoms with Gasteiger partial charge in [-0.05, 0) is 97.2 Å². The minimum atomic E-state index is -1.57. The zero-order valence-electron chi connectivity index (χ0n) is 39.2. The number of hydrogen-bond donors (Lipinski definition) is 16. The van der Waals surface area contributed by atoms with Crippen molar-refractivity contribution in [2.45, 2.75) is 126 Å². The Kier molecular flexibility index (Phi) is 29.4. The van der Waals surface area contributed by atoms with Crippen LogP contribution in [0.1, 0.15) is 84.0 Å². The highest BCUT2D eigenvalue weighted by atomic mass is 16.4. The van der Waals surface area contributed by atoms with Crippen molar-refractivity contribution in [3.05, 3.63) is 11.8 Å². The van der Waals surface area contributed by atoms with Gasteiger partial charge in [0.15, 0.2) is 5.96 Å². The molecule has 1 aliphatic heterocycles. The minimum absolute atomic E-state index is 0.0253. The number of nitrogens with two attached hydrogens (primary N) is 7. The number of aliphatic hydroxyl groups is 2. The fraction of sp³-hybridized carbons (Fsp3) is 0.683. The quantitative estimate of drug-likeness (QED) is 0.0126. The lowest BCUT2D eigenvalue weighted by Gasteiger charge is -2.27. The summed E-state index contributed by atoms with van der Waals surface area (Å²) in [6.07, 6.45) is 2.20. The number of amides is 8. The third-order valence-electron chi connectivity index (χ3n) is 10.5. The van der Waals surface area contributed by atoms with E-state index in [-0.39, 0.29) is 82.8 Å². The largest absolute Gasteiger partial charge is 0.477 e. The molecule has 1 saturated heterocycles. The molecular formula is C41H74N16O12. The maximum absolute atomic E-state index is 13.9. The van der Waals surface area contributed by atoms with E-state index in [4.69, 9.17) is 40.1 Å². The third kappa shape index (κ3) is 22.7. The second kappa shape index (κ2) is 33.3. The maximum Gasteiger partial charge on any atom is 0.352 e. The Hall–Kier alpha value is -6.17. The van der Waals surface area contributed by atoms with Gasteiger partial charge in [-0.25, -0.2) is 9.79 Å². The predicted molar refractivity (Wildman–Crippen MR) is 252 cm³/mol. The molecule has 0 aromatic heterocycles. The Morgan fingerprint density at radius 1 is 0.783 bits per heavy atom. The molecule has 69 heavy (non-hydrogen) atoms. The van der Waals surface area contributed by atoms with Gasteiger partial charge in [-0.15, -0.1) is 0 Å². The van der Waals surface area contributed by atoms with Gasteiger partial charge >= 0.3 is 5.97 Å². The molecule has 0 bridgehead atoms. The molecule has 0 aliphatic carbocycles. The van der Waals surface area contributed by atoms with Crippen molar-refractivity contribution in [3.8, 4) is 0 Å². The Bertz CT molecular complexity index is 1830. The number of unbranched alkanes of at least 4 members (excludes halogenated alkanes) is 2. The Balaban J connectivity index is 3.14. The lowest BCUT2D eigenvalue weighted by Crippen LogP contribution is -2.60. The number of carbonyl (C=O) groups excluding carboxylic acids is 8. The molecule has 0 aromatic carbocycles. The van der Waals surface area contributed by atoms with Gasteiger partial charge in [-0.2, -0.15) is 0 Å². The second-order valence-corrected chi connectivity index (χ2v) is 16.1. The smallest absolute Gasteiger partial charge is 0.352 e. The van der Waals surface area contributed by atoms with E-state index < -0.39 is 121 Å². The first-order valence-electron chi connectivity index (χ1n) is 22.8. The summed E-state index contributed by atoms with van der Waals surface area (Å²) in [7, 11) is 0. The van der Waals surface area contributed by atoms with Crippen molar-refractivity contribution >= 4 is 64.9 Å². The van der Waals surface area contributed by atoms with Gasteiger partial charge in [-0.1, -0.05) is 12.5 Å². The summed E-state index contributed by atoms with van der Waals surface area (Å²) >= 11 is 0. The van der Waals surface area contributed by atoms with Crippen molar-refractivity contribution in [2.75, 3.05) is 52.4 Å². The number of carboxylic acid groups (broad SMARTS) is 1. The van der Waals surface area contributed by atoms with E-state index >= 15 is 0 Å². The number of carbonyl (C=O) groups is 9. The summed E-state index contributed by atoms with van der Waals surface area (Å²) in [6.45, 7) is 0.358. The molecule has 28 heteroatoms. The topological polar surface area (TPSA) is 497 Å². The molecule has 7 atom stereocenters. The number of rotatable bonds is 33. The third-order valence-corrected chi connectivity index (χ3v) is 10.5. The second-order valence-electron chi connectivity index (χ2n) is 16.1. The molecule has 28 nitrogen and oxygen atoms in total. The number of guanidine groups is 1. The van der Waals surface area contributed by atoms with Crippen molar-refractivity contribution in [2.24, 2.45) is 50.1 Å². The summed E-state index contributed by atoms with van der Waals surface area (Å²) in [5, 5.41) is 44.2. The molecule has 1 aliphatic rings. The van der Waals surface area contributed by atoms with Crippen LogP contribution in [0.3, 0.4) is 0 Å². The summed E-state index contributed by atoms with van der Waals surface area (Å²) in [5.74, 6) is -8.61. The molecule has 0 spiro atoms. The standard InChI is InChI=1S/C41H74N16O12/c1-23(51-38(66)32(30(59)21-45)56-34(62)24(46)9-2-4-15-42)33(61)50-22-31(60)52-27(11-6-17-44)39(67)57-19-8-13-29(57)37(65)54-26(14-20-58)36(64)53-25(10-3-5-16-43)35(63)55-28(40(68)69)12-7-18-49-41(47)48/h12,23-26,29-30,32,58-59H,2-11,13-22,42-46H2,1H3,(H,50,61)(H,51,66)(H,53,64)(H,54,65)(H,55,63)(H,56,62)(H,68,69)(H4,47,48,49)/b28-12-,52-27?/t23-,24-,25-,26-,29-,30-,32-/m0/s1. The normalized spacial score (nSPS) is 16.4. The first-order chi connectivity index (χ1) is 32.8. The summed E-state index contributed by atoms with van der Waals surface area (Å²) in [6, 6.07) is -7.79. The van der Waals surface area contributed by atoms with E-state index in [1.807, 2.05) is 0 Å². The van der Waals surface area contributed by atoms with Gasteiger partial charge in [-0.3, -0.25) is 43.3 Å². The van der Waals surface area contributed by atoms with Crippen LogP contribution in [0.5, 0.6) is 0 Å². The fourth-order valence-electron chi connectivity index (χ4n) is 6.69. The van der Waals surface area contributed by atoms with E-state index in [2.05, 4.69) is 41.9 Å². The van der Waals surface area contributed by atoms with Crippen LogP contribution in [0.25, 0.3) is 0 Å². The van der Waals surface area contributed by atoms with Crippen molar-refractivity contribution in [3.63, 3.8) is 0 Å². The van der Waals surface area contributed by atoms with Crippen LogP contribution < -0.4 is 72.0 Å². The van der Waals surface area contributed by atoms with E-state index in [0.717, 1.165) is 4.90 Å². The predicted octanol–water partition coefficient (Wildman–Crippen LogP) is -7.21. The average molecular weight is 983 g/mol. The number of hydrogen-bond acceptors (Lipinski definition) is 17. The van der Waals surface area contributed by atoms with E-state index in [0.29, 0.717) is 38.6 Å². The van der Waals surface area contributed by atoms with Crippen LogP contribution in [0, 0.1) is 0 Å². The number of carboxylic acids is 1. The van der Waals surface area contributed by atoms with E-state index in [9.17, 15) is 58.5 Å². The van der Waals surface area contributed by atoms with Crippen LogP contribution in [0.4, 0.5) is 0 Å². The highest BCUT2D eigenvalue weighted by molar-refractivity contribution is 6.40. The first kappa shape index (κ1) is 60.8. The van der Waals surface area contributed by atoms with Crippen LogP contribution in [0.15, 0.2) is 21.8 Å². The van der Waals surface area contributed by atoms with Crippen LogP contribution >= 0.6 is 0 Å². The summed E-state index contributed by atoms with van der Waals surface area (Å²) in [4.78, 5) is 127. The van der Waals surface area contributed by atoms with Gasteiger partial charge in [0.05, 0.1) is 18.7 Å². The number of aliphatic hydroxyl groups excluding tert-OH is 2. The number of likely N-dealkylation sites (tertiary alicyclic amines) is 1. The zero-order valence-corrected chi connectivity index (χ0v) is 39.2. The number of nitrogens with zero attached hydrogens (tertiary/aromatic N) is 3. The highest BCUT2D eigenvalue weighted by Crippen LogP contribution is 2.20. The average Bonchev–Trinajstić information content (AvgIpc) is 3.81. The highest BCUT2D eigenvalue weighted by Gasteiger charge is 2.38. The molecule has 23 N–H and O–H groups in total. The van der Waals surface area contributed by atoms with Gasteiger partial charge in [0.2, 0.25) is 35.4 Å². The van der Waals surface area contributed by atoms with Crippen molar-refractivity contribution in [1.29, 1.82) is 0 Å². The zero-order chi connectivity index (χ0) is 52.1. The van der Waals surface area contributed by atoms with Gasteiger partial charge in [0.25, 0.3) is 11.8 Å². The van der Waals surface area contributed by atoms with E-state index in [1.165, 1.54) is 13.0 Å². The Morgan fingerprint density at radius 3 is 2.01 bits per heavy atom. The summed E-state index contributed by atoms with van der Waals surface area (Å²) < 4.78 is 0. The van der Waals surface area contributed by atoms with Crippen LogP contribution in [-0.2, 0) is 43.2 Å². The molecule has 0 aromatic rings. The Labute approximate surface area is 400 Å². The lowest BCUT2D eigenvalue weighted by atomic mass is 10.1. The number of nitrogens with one attached hydrogen (secondary N) is 6. The SMILES string of the molecule is C[C@H](NC(=O)[C@@H](NC(=O)[C@@H](N)CCCCN)[C@@H](O)CN)C(=O)NCC(=O)N=C(CCCN)C(=O)N1CCC[C@H]1C(=O)N[C@@H](CCO)C(=O)N[C@@H](CCCCN)C(=O)N/C(=C\CCN=C(N)N)C(=O)O. The van der Waals surface area contributed by atoms with Crippen molar-refractivity contribution < 1.29 is 58.5 Å². The van der Waals surface area contributed by atoms with Crippen LogP contribution in [0.2, 0.25) is 0 Å². The molecule has 1 rings (SSSR count). The molecule has 0 unspecified atom stereocenters. The molecule has 1 heterocycles. The lowest BCUT2D eigenvalue weighted by molar-refractivity contribution is -0.137. The molecule has 8 amide bonds. The fourth-order valence-corrected chi connectivity index (χ4v) is 6.69. The molecule has 0 radical (unpaired) electrons. The molecule has 390 valence electrons. The molecular weight excluding hydrogens is 909 g/mol. The minimum Gasteiger partial charge on any atom is -0.477 e. The van der Waals surface area contributed by atoms with Gasteiger partial charge < -0.3 is 92.3 Å². The van der Waals surface area contributed by atoms with Gasteiger partial charge in [0, 0.05) is 26.2 Å². The Morgan fingerprint density at radius 2 is 1.42 bits per heavy atom. The molecule has 1 fully saturated rings. The number of aliphatic imine (C=N–C) groups is 2. The maximum atomic E-state index is 13.9. The number of aliphatic carboxylic acids is 1. The molecule has 0 saturated carbocycles. The monoisotopic (exact) mass is 983 g/mol. The van der Waals surface area contributed by atoms with Gasteiger partial charge in [0.1, 0.15) is 41.6 Å². The summed E-state index contributed by atoms with van der Waals surface area (Å²) in [5.41, 5.74) is 38.0. The van der Waals surface area contributed by atoms with E-state index in [1.54, 1.807) is 0 Å². The van der Waals surface area contributed by atoms with Crippen LogP contribution in [-0.4, -0.2) is 180 Å². The van der Waals surface area contributed by atoms with Crippen molar-refractivity contribution in [1.82, 2.24) is 36.8 Å².